The minimum atomic E-state index is -1.03. The predicted molar refractivity (Wildman–Crippen MR) is 53.9 cm³/mol. The molecule has 0 aliphatic rings. The molecule has 0 aliphatic carbocycles. The Balaban J connectivity index is 2.47. The largest absolute Gasteiger partial charge is 0.476 e. The summed E-state index contributed by atoms with van der Waals surface area (Å²) in [5.41, 5.74) is 1.53. The Hall–Kier alpha value is -1.91. The predicted octanol–water partition coefficient (Wildman–Crippen LogP) is 1.38. The van der Waals surface area contributed by atoms with Crippen LogP contribution in [0, 0.1) is 0 Å². The van der Waals surface area contributed by atoms with E-state index in [-0.39, 0.29) is 5.69 Å². The fourth-order valence-corrected chi connectivity index (χ4v) is 1.41. The second-order valence-electron chi connectivity index (χ2n) is 3.31. The van der Waals surface area contributed by atoms with Crippen molar-refractivity contribution in [3.8, 4) is 0 Å². The van der Waals surface area contributed by atoms with Crippen molar-refractivity contribution in [2.24, 2.45) is 0 Å². The second-order valence-corrected chi connectivity index (χ2v) is 3.31. The highest BCUT2D eigenvalue weighted by Gasteiger charge is 2.09. The van der Waals surface area contributed by atoms with Gasteiger partial charge in [0, 0.05) is 0 Å². The normalized spacial score (nSPS) is 10.7. The maximum Gasteiger partial charge on any atom is 0.356 e. The molecule has 0 unspecified atom stereocenters. The zero-order chi connectivity index (χ0) is 10.8. The lowest BCUT2D eigenvalue weighted by Crippen LogP contribution is -1.96. The summed E-state index contributed by atoms with van der Waals surface area (Å²) in [6.45, 7) is 2.07. The lowest BCUT2D eigenvalue weighted by molar-refractivity contribution is 0.0691. The van der Waals surface area contributed by atoms with Crippen molar-refractivity contribution in [3.05, 3.63) is 29.7 Å². The molecule has 1 N–H and O–H groups in total. The summed E-state index contributed by atoms with van der Waals surface area (Å²) in [5, 5.41) is 13.0. The molecular formula is C10H11N3O2. The minimum Gasteiger partial charge on any atom is -0.476 e. The lowest BCUT2D eigenvalue weighted by Gasteiger charge is -1.97. The molecule has 0 bridgehead atoms. The Morgan fingerprint density at radius 1 is 1.53 bits per heavy atom. The van der Waals surface area contributed by atoms with Gasteiger partial charge in [0.15, 0.2) is 11.3 Å². The minimum absolute atomic E-state index is 0.0242. The number of carboxylic acid groups (broad SMARTS) is 1. The topological polar surface area (TPSA) is 67.5 Å². The zero-order valence-electron chi connectivity index (χ0n) is 8.34. The SMILES string of the molecule is CCCc1ccc2nc(C(=O)O)cn2n1. The summed E-state index contributed by atoms with van der Waals surface area (Å²) < 4.78 is 1.51. The number of fused-ring (bicyclic) bond motifs is 1. The van der Waals surface area contributed by atoms with Crippen molar-refractivity contribution in [1.82, 2.24) is 14.6 Å². The van der Waals surface area contributed by atoms with E-state index in [0.717, 1.165) is 18.5 Å². The molecule has 5 nitrogen and oxygen atoms in total. The van der Waals surface area contributed by atoms with Crippen LogP contribution in [-0.4, -0.2) is 25.7 Å². The Bertz CT molecular complexity index is 504. The van der Waals surface area contributed by atoms with Crippen molar-refractivity contribution in [3.63, 3.8) is 0 Å². The molecule has 2 aromatic rings. The molecule has 0 radical (unpaired) electrons. The quantitative estimate of drug-likeness (QED) is 0.821. The molecule has 2 rings (SSSR count). The first-order valence-corrected chi connectivity index (χ1v) is 4.79. The van der Waals surface area contributed by atoms with Crippen LogP contribution in [0.15, 0.2) is 18.3 Å². The molecule has 2 aromatic heterocycles. The van der Waals surface area contributed by atoms with Gasteiger partial charge >= 0.3 is 5.97 Å². The van der Waals surface area contributed by atoms with Gasteiger partial charge in [0.05, 0.1) is 11.9 Å². The number of carboxylic acids is 1. The number of hydrogen-bond acceptors (Lipinski definition) is 3. The Morgan fingerprint density at radius 2 is 2.33 bits per heavy atom. The number of aryl methyl sites for hydroxylation is 1. The highest BCUT2D eigenvalue weighted by atomic mass is 16.4. The van der Waals surface area contributed by atoms with E-state index in [1.54, 1.807) is 6.07 Å². The number of rotatable bonds is 3. The van der Waals surface area contributed by atoms with E-state index in [9.17, 15) is 4.79 Å². The molecule has 0 aliphatic heterocycles. The smallest absolute Gasteiger partial charge is 0.356 e. The number of aromatic carboxylic acids is 1. The van der Waals surface area contributed by atoms with Gasteiger partial charge in [-0.05, 0) is 18.6 Å². The van der Waals surface area contributed by atoms with Crippen LogP contribution < -0.4 is 0 Å². The van der Waals surface area contributed by atoms with E-state index in [2.05, 4.69) is 17.0 Å². The highest BCUT2D eigenvalue weighted by Crippen LogP contribution is 2.06. The Kier molecular flexibility index (Phi) is 2.37. The van der Waals surface area contributed by atoms with Crippen LogP contribution in [0.4, 0.5) is 0 Å². The fraction of sp³-hybridized carbons (Fsp3) is 0.300. The van der Waals surface area contributed by atoms with Crippen LogP contribution in [0.3, 0.4) is 0 Å². The molecule has 15 heavy (non-hydrogen) atoms. The lowest BCUT2D eigenvalue weighted by atomic mass is 10.2. The molecule has 0 spiro atoms. The summed E-state index contributed by atoms with van der Waals surface area (Å²) in [6.07, 6.45) is 3.33. The van der Waals surface area contributed by atoms with E-state index in [1.165, 1.54) is 10.7 Å². The van der Waals surface area contributed by atoms with Gasteiger partial charge in [0.1, 0.15) is 0 Å². The first kappa shape index (κ1) is 9.64. The van der Waals surface area contributed by atoms with Gasteiger partial charge in [-0.3, -0.25) is 0 Å². The van der Waals surface area contributed by atoms with Gasteiger partial charge < -0.3 is 5.11 Å². The zero-order valence-corrected chi connectivity index (χ0v) is 8.34. The molecule has 0 saturated heterocycles. The fourth-order valence-electron chi connectivity index (χ4n) is 1.41. The van der Waals surface area contributed by atoms with E-state index in [1.807, 2.05) is 6.07 Å². The van der Waals surface area contributed by atoms with Crippen LogP contribution in [0.25, 0.3) is 5.65 Å². The summed E-state index contributed by atoms with van der Waals surface area (Å²) >= 11 is 0. The van der Waals surface area contributed by atoms with Crippen molar-refractivity contribution in [2.75, 3.05) is 0 Å². The summed E-state index contributed by atoms with van der Waals surface area (Å²) in [6, 6.07) is 3.65. The Labute approximate surface area is 86.4 Å². The standard InChI is InChI=1S/C10H11N3O2/c1-2-3-7-4-5-9-11-8(10(14)15)6-13(9)12-7/h4-6H,2-3H2,1H3,(H,14,15). The van der Waals surface area contributed by atoms with Crippen LogP contribution in [-0.2, 0) is 6.42 Å². The number of hydrogen-bond donors (Lipinski definition) is 1. The highest BCUT2D eigenvalue weighted by molar-refractivity contribution is 5.85. The third kappa shape index (κ3) is 1.81. The van der Waals surface area contributed by atoms with Gasteiger partial charge in [-0.25, -0.2) is 14.3 Å². The molecule has 5 heteroatoms. The summed E-state index contributed by atoms with van der Waals surface area (Å²) in [5.74, 6) is -1.03. The third-order valence-electron chi connectivity index (χ3n) is 2.10. The van der Waals surface area contributed by atoms with Gasteiger partial charge in [0.2, 0.25) is 0 Å². The van der Waals surface area contributed by atoms with E-state index in [0.29, 0.717) is 5.65 Å². The average Bonchev–Trinajstić information content (AvgIpc) is 2.61. The molecule has 0 fully saturated rings. The molecule has 0 aromatic carbocycles. The van der Waals surface area contributed by atoms with Crippen LogP contribution in [0.1, 0.15) is 29.5 Å². The number of nitrogens with zero attached hydrogens (tertiary/aromatic N) is 3. The summed E-state index contributed by atoms with van der Waals surface area (Å²) in [7, 11) is 0. The molecule has 0 amide bonds. The van der Waals surface area contributed by atoms with E-state index in [4.69, 9.17) is 5.11 Å². The molecular weight excluding hydrogens is 194 g/mol. The van der Waals surface area contributed by atoms with Crippen molar-refractivity contribution < 1.29 is 9.90 Å². The number of imidazole rings is 1. The van der Waals surface area contributed by atoms with Crippen LogP contribution in [0.5, 0.6) is 0 Å². The molecule has 2 heterocycles. The molecule has 78 valence electrons. The monoisotopic (exact) mass is 205 g/mol. The van der Waals surface area contributed by atoms with Gasteiger partial charge in [-0.1, -0.05) is 13.3 Å². The number of carbonyl (C=O) groups is 1. The van der Waals surface area contributed by atoms with Crippen molar-refractivity contribution in [1.29, 1.82) is 0 Å². The van der Waals surface area contributed by atoms with E-state index >= 15 is 0 Å². The molecule has 0 atom stereocenters. The second kappa shape index (κ2) is 3.68. The van der Waals surface area contributed by atoms with Gasteiger partial charge in [0.25, 0.3) is 0 Å². The van der Waals surface area contributed by atoms with Crippen molar-refractivity contribution >= 4 is 11.6 Å². The first-order valence-electron chi connectivity index (χ1n) is 4.79. The maximum absolute atomic E-state index is 10.7. The molecule has 0 saturated carbocycles. The number of aromatic nitrogens is 3. The van der Waals surface area contributed by atoms with Crippen molar-refractivity contribution in [2.45, 2.75) is 19.8 Å². The summed E-state index contributed by atoms with van der Waals surface area (Å²) in [4.78, 5) is 14.6. The first-order chi connectivity index (χ1) is 7.20. The van der Waals surface area contributed by atoms with Gasteiger partial charge in [-0.2, -0.15) is 5.10 Å². The maximum atomic E-state index is 10.7. The van der Waals surface area contributed by atoms with Gasteiger partial charge in [-0.15, -0.1) is 0 Å². The Morgan fingerprint density at radius 3 is 3.00 bits per heavy atom. The average molecular weight is 205 g/mol. The van der Waals surface area contributed by atoms with Crippen LogP contribution in [0.2, 0.25) is 0 Å². The van der Waals surface area contributed by atoms with Crippen LogP contribution >= 0.6 is 0 Å². The third-order valence-corrected chi connectivity index (χ3v) is 2.10. The van der Waals surface area contributed by atoms with E-state index < -0.39 is 5.97 Å².